The molecule has 0 heterocycles. The van der Waals surface area contributed by atoms with Gasteiger partial charge >= 0.3 is 12.1 Å². The Bertz CT molecular complexity index is 200. The van der Waals surface area contributed by atoms with Crippen molar-refractivity contribution in [3.05, 3.63) is 0 Å². The monoisotopic (exact) mass is 214 g/mol. The summed E-state index contributed by atoms with van der Waals surface area (Å²) in [6.07, 6.45) is -7.86. The Morgan fingerprint density at radius 1 is 1.36 bits per heavy atom. The van der Waals surface area contributed by atoms with Crippen molar-refractivity contribution in [3.8, 4) is 0 Å². The molecular weight excluding hydrogens is 201 g/mol. The first-order valence-corrected chi connectivity index (χ1v) is 4.13. The molecule has 2 atom stereocenters. The number of rotatable bonds is 4. The molecule has 0 radical (unpaired) electrons. The van der Waals surface area contributed by atoms with Crippen LogP contribution in [0.3, 0.4) is 0 Å². The summed E-state index contributed by atoms with van der Waals surface area (Å²) in [7, 11) is 0. The minimum absolute atomic E-state index is 0.198. The zero-order valence-electron chi connectivity index (χ0n) is 7.88. The van der Waals surface area contributed by atoms with Gasteiger partial charge in [-0.2, -0.15) is 13.2 Å². The first kappa shape index (κ1) is 13.2. The number of carboxylic acids is 1. The molecule has 0 aromatic rings. The van der Waals surface area contributed by atoms with E-state index in [-0.39, 0.29) is 12.3 Å². The van der Waals surface area contributed by atoms with Crippen molar-refractivity contribution < 1.29 is 28.2 Å². The Kier molecular flexibility index (Phi) is 4.38. The molecule has 0 rings (SSSR count). The normalized spacial score (nSPS) is 16.8. The van der Waals surface area contributed by atoms with Gasteiger partial charge in [0, 0.05) is 0 Å². The van der Waals surface area contributed by atoms with Crippen LogP contribution in [0.5, 0.6) is 0 Å². The number of hydrogen-bond donors (Lipinski definition) is 2. The minimum Gasteiger partial charge on any atom is -0.481 e. The maximum atomic E-state index is 12.0. The summed E-state index contributed by atoms with van der Waals surface area (Å²) in [6.45, 7) is 3.19. The molecule has 2 N–H and O–H groups in total. The second kappa shape index (κ2) is 4.63. The van der Waals surface area contributed by atoms with Gasteiger partial charge in [-0.25, -0.2) is 0 Å². The van der Waals surface area contributed by atoms with E-state index in [2.05, 4.69) is 0 Å². The summed E-state index contributed by atoms with van der Waals surface area (Å²) in [5.74, 6) is -3.62. The van der Waals surface area contributed by atoms with Crippen molar-refractivity contribution in [3.63, 3.8) is 0 Å². The van der Waals surface area contributed by atoms with Crippen LogP contribution in [-0.4, -0.2) is 28.5 Å². The smallest absolute Gasteiger partial charge is 0.415 e. The van der Waals surface area contributed by atoms with Gasteiger partial charge in [0.2, 0.25) is 0 Å². The van der Waals surface area contributed by atoms with E-state index in [0.29, 0.717) is 0 Å². The summed E-state index contributed by atoms with van der Waals surface area (Å²) < 4.78 is 36.0. The first-order valence-electron chi connectivity index (χ1n) is 4.13. The van der Waals surface area contributed by atoms with Crippen LogP contribution in [0.1, 0.15) is 20.3 Å². The number of alkyl halides is 3. The maximum Gasteiger partial charge on any atom is 0.415 e. The van der Waals surface area contributed by atoms with Gasteiger partial charge in [-0.15, -0.1) is 0 Å². The molecule has 84 valence electrons. The third-order valence-electron chi connectivity index (χ3n) is 1.76. The Labute approximate surface area is 79.5 Å². The first-order chi connectivity index (χ1) is 6.16. The van der Waals surface area contributed by atoms with Crippen molar-refractivity contribution in [2.75, 3.05) is 0 Å². The predicted molar refractivity (Wildman–Crippen MR) is 42.6 cm³/mol. The number of carbonyl (C=O) groups is 1. The molecule has 0 fully saturated rings. The van der Waals surface area contributed by atoms with E-state index in [4.69, 9.17) is 10.2 Å². The molecule has 0 saturated heterocycles. The lowest BCUT2D eigenvalue weighted by Crippen LogP contribution is -2.40. The van der Waals surface area contributed by atoms with E-state index in [9.17, 15) is 18.0 Å². The highest BCUT2D eigenvalue weighted by molar-refractivity contribution is 5.70. The molecule has 2 unspecified atom stereocenters. The second-order valence-corrected chi connectivity index (χ2v) is 3.56. The SMILES string of the molecule is CC(C)CC(C(=O)O)C(O)C(F)(F)F. The highest BCUT2D eigenvalue weighted by atomic mass is 19.4. The maximum absolute atomic E-state index is 12.0. The lowest BCUT2D eigenvalue weighted by molar-refractivity contribution is -0.224. The van der Waals surface area contributed by atoms with E-state index in [1.807, 2.05) is 0 Å². The third kappa shape index (κ3) is 3.95. The van der Waals surface area contributed by atoms with E-state index < -0.39 is 24.2 Å². The van der Waals surface area contributed by atoms with E-state index in [1.54, 1.807) is 13.8 Å². The highest BCUT2D eigenvalue weighted by Gasteiger charge is 2.46. The van der Waals surface area contributed by atoms with Crippen LogP contribution < -0.4 is 0 Å². The topological polar surface area (TPSA) is 57.5 Å². The second-order valence-electron chi connectivity index (χ2n) is 3.56. The van der Waals surface area contributed by atoms with Crippen LogP contribution in [0.25, 0.3) is 0 Å². The standard InChI is InChI=1S/C8H13F3O3/c1-4(2)3-5(7(13)14)6(12)8(9,10)11/h4-6,12H,3H2,1-2H3,(H,13,14). The third-order valence-corrected chi connectivity index (χ3v) is 1.76. The van der Waals surface area contributed by atoms with Gasteiger partial charge in [-0.1, -0.05) is 13.8 Å². The molecule has 0 saturated carbocycles. The van der Waals surface area contributed by atoms with E-state index in [1.165, 1.54) is 0 Å². The van der Waals surface area contributed by atoms with Crippen LogP contribution in [0, 0.1) is 11.8 Å². The zero-order chi connectivity index (χ0) is 11.5. The zero-order valence-corrected chi connectivity index (χ0v) is 7.88. The molecule has 0 aromatic carbocycles. The van der Waals surface area contributed by atoms with Gasteiger partial charge in [0.25, 0.3) is 0 Å². The van der Waals surface area contributed by atoms with Crippen molar-refractivity contribution in [2.45, 2.75) is 32.5 Å². The molecule has 3 nitrogen and oxygen atoms in total. The summed E-state index contributed by atoms with van der Waals surface area (Å²) in [5, 5.41) is 17.3. The van der Waals surface area contributed by atoms with Crippen molar-refractivity contribution >= 4 is 5.97 Å². The lowest BCUT2D eigenvalue weighted by Gasteiger charge is -2.22. The molecule has 0 aliphatic carbocycles. The summed E-state index contributed by atoms with van der Waals surface area (Å²) >= 11 is 0. The molecule has 0 aliphatic heterocycles. The van der Waals surface area contributed by atoms with Gasteiger partial charge < -0.3 is 10.2 Å². The molecule has 0 amide bonds. The van der Waals surface area contributed by atoms with Gasteiger partial charge in [-0.05, 0) is 12.3 Å². The summed E-state index contributed by atoms with van der Waals surface area (Å²) in [5.41, 5.74) is 0. The Hall–Kier alpha value is -0.780. The number of aliphatic hydroxyl groups is 1. The number of aliphatic carboxylic acids is 1. The number of halogens is 3. The van der Waals surface area contributed by atoms with Gasteiger partial charge in [0.15, 0.2) is 6.10 Å². The molecule has 0 spiro atoms. The Morgan fingerprint density at radius 3 is 2.00 bits per heavy atom. The van der Waals surface area contributed by atoms with Crippen LogP contribution in [0.15, 0.2) is 0 Å². The predicted octanol–water partition coefficient (Wildman–Crippen LogP) is 1.66. The fraction of sp³-hybridized carbons (Fsp3) is 0.875. The highest BCUT2D eigenvalue weighted by Crippen LogP contribution is 2.29. The fourth-order valence-electron chi connectivity index (χ4n) is 1.10. The van der Waals surface area contributed by atoms with Gasteiger partial charge in [0.05, 0.1) is 5.92 Å². The molecular formula is C8H13F3O3. The average molecular weight is 214 g/mol. The van der Waals surface area contributed by atoms with E-state index >= 15 is 0 Å². The molecule has 0 bridgehead atoms. The Morgan fingerprint density at radius 2 is 1.79 bits per heavy atom. The minimum atomic E-state index is -4.88. The number of hydrogen-bond acceptors (Lipinski definition) is 2. The number of carboxylic acid groups (broad SMARTS) is 1. The van der Waals surface area contributed by atoms with Crippen molar-refractivity contribution in [1.82, 2.24) is 0 Å². The van der Waals surface area contributed by atoms with Gasteiger partial charge in [0.1, 0.15) is 0 Å². The molecule has 0 aliphatic rings. The Balaban J connectivity index is 4.58. The summed E-state index contributed by atoms with van der Waals surface area (Å²) in [4.78, 5) is 10.5. The van der Waals surface area contributed by atoms with E-state index in [0.717, 1.165) is 0 Å². The largest absolute Gasteiger partial charge is 0.481 e. The molecule has 14 heavy (non-hydrogen) atoms. The van der Waals surface area contributed by atoms with Gasteiger partial charge in [-0.3, -0.25) is 4.79 Å². The quantitative estimate of drug-likeness (QED) is 0.748. The fourth-order valence-corrected chi connectivity index (χ4v) is 1.10. The van der Waals surface area contributed by atoms with Crippen molar-refractivity contribution in [2.24, 2.45) is 11.8 Å². The summed E-state index contributed by atoms with van der Waals surface area (Å²) in [6, 6.07) is 0. The van der Waals surface area contributed by atoms with Crippen LogP contribution in [-0.2, 0) is 4.79 Å². The van der Waals surface area contributed by atoms with Crippen LogP contribution in [0.4, 0.5) is 13.2 Å². The van der Waals surface area contributed by atoms with Crippen LogP contribution >= 0.6 is 0 Å². The number of aliphatic hydroxyl groups excluding tert-OH is 1. The lowest BCUT2D eigenvalue weighted by atomic mass is 9.92. The average Bonchev–Trinajstić information content (AvgIpc) is 1.96. The molecule has 6 heteroatoms. The van der Waals surface area contributed by atoms with Crippen LogP contribution in [0.2, 0.25) is 0 Å². The van der Waals surface area contributed by atoms with Crippen molar-refractivity contribution in [1.29, 1.82) is 0 Å². The molecule has 0 aromatic heterocycles.